The molecule has 0 bridgehead atoms. The molecule has 0 saturated heterocycles. The Morgan fingerprint density at radius 1 is 1.24 bits per heavy atom. The number of fused-ring (bicyclic) bond motifs is 4. The van der Waals surface area contributed by atoms with E-state index in [4.69, 9.17) is 9.72 Å². The Labute approximate surface area is 166 Å². The minimum atomic E-state index is -0.840. The summed E-state index contributed by atoms with van der Waals surface area (Å²) in [7, 11) is 3.59. The van der Waals surface area contributed by atoms with Gasteiger partial charge in [-0.05, 0) is 24.3 Å². The highest BCUT2D eigenvalue weighted by atomic mass is 16.5. The third-order valence-electron chi connectivity index (χ3n) is 5.33. The SMILES string of the molecule is COc1ccc2c(c1)c(-c1cc3c(ncc4c[nH]n(C)c43)n1)cn2CC(O)CO. The van der Waals surface area contributed by atoms with Gasteiger partial charge in [-0.15, -0.1) is 0 Å². The van der Waals surface area contributed by atoms with Crippen molar-refractivity contribution >= 4 is 32.8 Å². The molecule has 0 fully saturated rings. The molecule has 0 spiro atoms. The smallest absolute Gasteiger partial charge is 0.162 e. The molecule has 0 radical (unpaired) electrons. The number of ether oxygens (including phenoxy) is 1. The molecule has 8 nitrogen and oxygen atoms in total. The number of methoxy groups -OCH3 is 1. The van der Waals surface area contributed by atoms with Crippen LogP contribution in [0.25, 0.3) is 44.1 Å². The number of aromatic nitrogens is 5. The average molecular weight is 391 g/mol. The summed E-state index contributed by atoms with van der Waals surface area (Å²) in [6.07, 6.45) is 4.85. The summed E-state index contributed by atoms with van der Waals surface area (Å²) in [6.45, 7) is -0.00953. The fraction of sp³-hybridized carbons (Fsp3) is 0.238. The van der Waals surface area contributed by atoms with Crippen molar-refractivity contribution in [2.45, 2.75) is 12.6 Å². The van der Waals surface area contributed by atoms with Crippen LogP contribution in [0.1, 0.15) is 0 Å². The molecule has 4 heterocycles. The lowest BCUT2D eigenvalue weighted by Gasteiger charge is -2.09. The topological polar surface area (TPSA) is 101 Å². The summed E-state index contributed by atoms with van der Waals surface area (Å²) in [6, 6.07) is 7.84. The first-order chi connectivity index (χ1) is 14.1. The van der Waals surface area contributed by atoms with E-state index in [1.165, 1.54) is 0 Å². The van der Waals surface area contributed by atoms with E-state index in [1.807, 2.05) is 59.2 Å². The fourth-order valence-corrected chi connectivity index (χ4v) is 3.92. The van der Waals surface area contributed by atoms with Crippen LogP contribution >= 0.6 is 0 Å². The van der Waals surface area contributed by atoms with E-state index >= 15 is 0 Å². The van der Waals surface area contributed by atoms with Crippen LogP contribution in [0, 0.1) is 0 Å². The normalized spacial score (nSPS) is 13.0. The van der Waals surface area contributed by atoms with E-state index in [0.29, 0.717) is 5.65 Å². The predicted molar refractivity (Wildman–Crippen MR) is 111 cm³/mol. The molecule has 0 saturated carbocycles. The second-order valence-corrected chi connectivity index (χ2v) is 7.19. The van der Waals surface area contributed by atoms with Gasteiger partial charge in [-0.1, -0.05) is 0 Å². The summed E-state index contributed by atoms with van der Waals surface area (Å²) >= 11 is 0. The maximum Gasteiger partial charge on any atom is 0.162 e. The van der Waals surface area contributed by atoms with Crippen molar-refractivity contribution in [1.82, 2.24) is 24.3 Å². The number of nitrogens with one attached hydrogen (secondary N) is 1. The van der Waals surface area contributed by atoms with Crippen molar-refractivity contribution in [2.24, 2.45) is 7.05 Å². The van der Waals surface area contributed by atoms with Gasteiger partial charge in [0.1, 0.15) is 5.75 Å². The van der Waals surface area contributed by atoms with Crippen LogP contribution in [-0.2, 0) is 13.6 Å². The van der Waals surface area contributed by atoms with Gasteiger partial charge in [0.2, 0.25) is 0 Å². The van der Waals surface area contributed by atoms with Crippen molar-refractivity contribution in [1.29, 1.82) is 0 Å². The number of rotatable bonds is 5. The first-order valence-corrected chi connectivity index (χ1v) is 9.34. The third-order valence-corrected chi connectivity index (χ3v) is 5.33. The van der Waals surface area contributed by atoms with Crippen LogP contribution in [0.3, 0.4) is 0 Å². The lowest BCUT2D eigenvalue weighted by Crippen LogP contribution is -2.19. The number of aliphatic hydroxyl groups excluding tert-OH is 2. The maximum atomic E-state index is 9.96. The van der Waals surface area contributed by atoms with Gasteiger partial charge in [-0.25, -0.2) is 9.97 Å². The molecular weight excluding hydrogens is 370 g/mol. The zero-order chi connectivity index (χ0) is 20.1. The van der Waals surface area contributed by atoms with E-state index in [-0.39, 0.29) is 13.2 Å². The number of aliphatic hydroxyl groups is 2. The number of aromatic amines is 1. The van der Waals surface area contributed by atoms with Gasteiger partial charge in [0.05, 0.1) is 37.6 Å². The van der Waals surface area contributed by atoms with Crippen LogP contribution in [0.15, 0.2) is 42.9 Å². The molecule has 5 aromatic rings. The molecule has 1 unspecified atom stereocenters. The van der Waals surface area contributed by atoms with Crippen molar-refractivity contribution < 1.29 is 14.9 Å². The van der Waals surface area contributed by atoms with E-state index in [2.05, 4.69) is 10.1 Å². The standard InChI is InChI=1S/C21H21N5O3/c1-25-20-12(8-23-25)7-22-21-16(20)6-18(24-21)17-10-26(9-13(28)11-27)19-4-3-14(29-2)5-15(17)19/h3-8,10,13,23,27-28H,9,11H2,1-2H3. The molecule has 3 N–H and O–H groups in total. The summed E-state index contributed by atoms with van der Waals surface area (Å²) in [5.74, 6) is 0.743. The summed E-state index contributed by atoms with van der Waals surface area (Å²) in [4.78, 5) is 9.27. The molecule has 0 aliphatic carbocycles. The number of H-pyrrole nitrogens is 1. The van der Waals surface area contributed by atoms with E-state index in [9.17, 15) is 10.2 Å². The Balaban J connectivity index is 1.75. The molecule has 0 aliphatic rings. The molecule has 4 aromatic heterocycles. The minimum Gasteiger partial charge on any atom is -0.497 e. The quantitative estimate of drug-likeness (QED) is 0.427. The van der Waals surface area contributed by atoms with E-state index in [1.54, 1.807) is 7.11 Å². The van der Waals surface area contributed by atoms with Gasteiger partial charge >= 0.3 is 0 Å². The Kier molecular flexibility index (Phi) is 4.04. The van der Waals surface area contributed by atoms with E-state index in [0.717, 1.165) is 44.2 Å². The largest absolute Gasteiger partial charge is 0.497 e. The Morgan fingerprint density at radius 2 is 2.10 bits per heavy atom. The summed E-state index contributed by atoms with van der Waals surface area (Å²) in [5.41, 5.74) is 4.39. The Morgan fingerprint density at radius 3 is 2.90 bits per heavy atom. The number of benzene rings is 1. The Hall–Kier alpha value is -3.36. The van der Waals surface area contributed by atoms with Gasteiger partial charge in [0.25, 0.3) is 0 Å². The molecule has 0 aliphatic heterocycles. The number of nitrogens with zero attached hydrogens (tertiary/aromatic N) is 4. The first-order valence-electron chi connectivity index (χ1n) is 9.34. The first kappa shape index (κ1) is 17.7. The maximum absolute atomic E-state index is 9.96. The zero-order valence-corrected chi connectivity index (χ0v) is 16.1. The van der Waals surface area contributed by atoms with Crippen LogP contribution in [0.4, 0.5) is 0 Å². The number of hydrogen-bond donors (Lipinski definition) is 3. The molecule has 8 heteroatoms. The van der Waals surface area contributed by atoms with Gasteiger partial charge in [0.15, 0.2) is 5.65 Å². The van der Waals surface area contributed by atoms with Crippen molar-refractivity contribution in [3.63, 3.8) is 0 Å². The van der Waals surface area contributed by atoms with Crippen molar-refractivity contribution in [3.8, 4) is 17.0 Å². The summed E-state index contributed by atoms with van der Waals surface area (Å²) < 4.78 is 9.30. The Bertz CT molecular complexity index is 1350. The van der Waals surface area contributed by atoms with Gasteiger partial charge in [-0.2, -0.15) is 0 Å². The number of aryl methyl sites for hydroxylation is 1. The second-order valence-electron chi connectivity index (χ2n) is 7.19. The number of hydrogen-bond acceptors (Lipinski definition) is 5. The van der Waals surface area contributed by atoms with Crippen LogP contribution in [0.2, 0.25) is 0 Å². The lowest BCUT2D eigenvalue weighted by atomic mass is 10.1. The van der Waals surface area contributed by atoms with Crippen LogP contribution in [-0.4, -0.2) is 54.3 Å². The lowest BCUT2D eigenvalue weighted by molar-refractivity contribution is 0.0822. The van der Waals surface area contributed by atoms with Crippen molar-refractivity contribution in [2.75, 3.05) is 13.7 Å². The van der Waals surface area contributed by atoms with Gasteiger partial charge < -0.3 is 24.6 Å². The van der Waals surface area contributed by atoms with Gasteiger partial charge in [-0.3, -0.25) is 4.68 Å². The number of pyridine rings is 1. The van der Waals surface area contributed by atoms with Gasteiger partial charge in [0, 0.05) is 52.9 Å². The molecule has 5 rings (SSSR count). The van der Waals surface area contributed by atoms with Crippen molar-refractivity contribution in [3.05, 3.63) is 42.9 Å². The summed E-state index contributed by atoms with van der Waals surface area (Å²) in [5, 5.41) is 25.4. The second kappa shape index (κ2) is 6.61. The molecule has 0 amide bonds. The molecule has 29 heavy (non-hydrogen) atoms. The highest BCUT2D eigenvalue weighted by Crippen LogP contribution is 2.35. The monoisotopic (exact) mass is 391 g/mol. The molecule has 1 aromatic carbocycles. The van der Waals surface area contributed by atoms with Crippen LogP contribution < -0.4 is 4.74 Å². The molecule has 148 valence electrons. The zero-order valence-electron chi connectivity index (χ0n) is 16.1. The predicted octanol–water partition coefficient (Wildman–Crippen LogP) is 2.43. The molecule has 1 atom stereocenters. The molecular formula is C21H21N5O3. The highest BCUT2D eigenvalue weighted by molar-refractivity contribution is 6.06. The average Bonchev–Trinajstić information content (AvgIpc) is 3.42. The third kappa shape index (κ3) is 2.76. The fourth-order valence-electron chi connectivity index (χ4n) is 3.92. The van der Waals surface area contributed by atoms with E-state index < -0.39 is 6.10 Å². The minimum absolute atomic E-state index is 0.287. The highest BCUT2D eigenvalue weighted by Gasteiger charge is 2.18. The van der Waals surface area contributed by atoms with Crippen LogP contribution in [0.5, 0.6) is 5.75 Å².